The minimum atomic E-state index is 0.799. The molecule has 1 heterocycles. The van der Waals surface area contributed by atoms with E-state index in [0.717, 1.165) is 70.0 Å². The van der Waals surface area contributed by atoms with Gasteiger partial charge in [-0.1, -0.05) is 0 Å². The summed E-state index contributed by atoms with van der Waals surface area (Å²) < 4.78 is 0. The van der Waals surface area contributed by atoms with E-state index >= 15 is 0 Å². The maximum atomic E-state index is 9.52. The number of hydrogen-bond acceptors (Lipinski definition) is 6. The summed E-state index contributed by atoms with van der Waals surface area (Å²) in [5, 5.41) is 12.9. The second kappa shape index (κ2) is 10.5. The summed E-state index contributed by atoms with van der Waals surface area (Å²) in [7, 11) is 8.44. The van der Waals surface area contributed by atoms with Gasteiger partial charge in [-0.3, -0.25) is 4.90 Å². The third-order valence-corrected chi connectivity index (χ3v) is 4.81. The number of piperazine rings is 1. The number of rotatable bonds is 9. The molecule has 0 radical (unpaired) electrons. The van der Waals surface area contributed by atoms with E-state index < -0.39 is 0 Å². The monoisotopic (exact) mass is 358 g/mol. The molecule has 26 heavy (non-hydrogen) atoms. The lowest BCUT2D eigenvalue weighted by molar-refractivity contribution is 0.233. The maximum absolute atomic E-state index is 9.52. The Hall–Kier alpha value is -1.65. The molecule has 0 unspecified atom stereocenters. The Balaban J connectivity index is 2.17. The van der Waals surface area contributed by atoms with Crippen LogP contribution in [0.5, 0.6) is 0 Å². The number of nitrogens with zero attached hydrogens (tertiary/aromatic N) is 5. The molecule has 0 amide bonds. The molecule has 0 atom stereocenters. The summed E-state index contributed by atoms with van der Waals surface area (Å²) in [5.41, 5.74) is 3.16. The first-order chi connectivity index (χ1) is 12.5. The molecule has 6 nitrogen and oxygen atoms in total. The number of nitriles is 1. The molecule has 0 spiro atoms. The molecular formula is C20H34N6. The normalized spacial score (nSPS) is 15.4. The van der Waals surface area contributed by atoms with E-state index in [2.05, 4.69) is 71.3 Å². The van der Waals surface area contributed by atoms with Crippen LogP contribution in [0.2, 0.25) is 0 Å². The second-order valence-electron chi connectivity index (χ2n) is 7.57. The van der Waals surface area contributed by atoms with Gasteiger partial charge in [-0.05, 0) is 52.0 Å². The largest absolute Gasteiger partial charge is 0.369 e. The number of nitrogens with one attached hydrogen (secondary N) is 1. The highest BCUT2D eigenvalue weighted by Gasteiger charge is 2.15. The van der Waals surface area contributed by atoms with Crippen LogP contribution in [0.3, 0.4) is 0 Å². The third-order valence-electron chi connectivity index (χ3n) is 4.81. The Kier molecular flexibility index (Phi) is 8.33. The molecule has 1 N–H and O–H groups in total. The summed E-state index contributed by atoms with van der Waals surface area (Å²) in [6.45, 7) is 8.99. The lowest BCUT2D eigenvalue weighted by Crippen LogP contribution is -2.43. The molecule has 144 valence electrons. The van der Waals surface area contributed by atoms with Crippen LogP contribution in [0.25, 0.3) is 0 Å². The van der Waals surface area contributed by atoms with Crippen LogP contribution >= 0.6 is 0 Å². The molecule has 1 fully saturated rings. The topological polar surface area (TPSA) is 48.8 Å². The van der Waals surface area contributed by atoms with Crippen molar-refractivity contribution >= 4 is 5.69 Å². The Morgan fingerprint density at radius 3 is 2.15 bits per heavy atom. The molecule has 0 aromatic heterocycles. The summed E-state index contributed by atoms with van der Waals surface area (Å²) in [6.07, 6.45) is 0. The van der Waals surface area contributed by atoms with Crippen molar-refractivity contribution in [2.45, 2.75) is 6.54 Å². The van der Waals surface area contributed by atoms with E-state index in [1.165, 1.54) is 5.69 Å². The van der Waals surface area contributed by atoms with Gasteiger partial charge < -0.3 is 20.0 Å². The van der Waals surface area contributed by atoms with E-state index in [0.29, 0.717) is 0 Å². The number of likely N-dealkylation sites (N-methyl/N-ethyl adjacent to an activating group) is 2. The highest BCUT2D eigenvalue weighted by Crippen LogP contribution is 2.21. The SMILES string of the molecule is CN(C)CCN(CCN(C)C)c1ccc(C#N)c(CN2CCNCC2)c1. The van der Waals surface area contributed by atoms with Gasteiger partial charge >= 0.3 is 0 Å². The highest BCUT2D eigenvalue weighted by molar-refractivity contribution is 5.54. The lowest BCUT2D eigenvalue weighted by atomic mass is 10.1. The average molecular weight is 359 g/mol. The molecule has 1 aromatic carbocycles. The van der Waals surface area contributed by atoms with Crippen molar-refractivity contribution in [1.29, 1.82) is 5.26 Å². The summed E-state index contributed by atoms with van der Waals surface area (Å²) in [4.78, 5) is 9.30. The van der Waals surface area contributed by atoms with Crippen molar-refractivity contribution in [2.75, 3.05) is 85.4 Å². The zero-order valence-corrected chi connectivity index (χ0v) is 16.8. The zero-order chi connectivity index (χ0) is 18.9. The van der Waals surface area contributed by atoms with Gasteiger partial charge in [0.1, 0.15) is 0 Å². The standard InChI is InChI=1S/C20H34N6/c1-23(2)11-13-26(14-12-24(3)4)20-6-5-18(16-21)19(15-20)17-25-9-7-22-8-10-25/h5-6,15,22H,7-14,17H2,1-4H3. The Morgan fingerprint density at radius 1 is 1.00 bits per heavy atom. The fourth-order valence-electron chi connectivity index (χ4n) is 3.14. The third kappa shape index (κ3) is 6.58. The van der Waals surface area contributed by atoms with Crippen molar-refractivity contribution in [3.8, 4) is 6.07 Å². The van der Waals surface area contributed by atoms with Crippen LogP contribution in [0.15, 0.2) is 18.2 Å². The van der Waals surface area contributed by atoms with Gasteiger partial charge in [-0.15, -0.1) is 0 Å². The van der Waals surface area contributed by atoms with Crippen LogP contribution < -0.4 is 10.2 Å². The summed E-state index contributed by atoms with van der Waals surface area (Å²) >= 11 is 0. The van der Waals surface area contributed by atoms with Crippen LogP contribution in [0.4, 0.5) is 5.69 Å². The second-order valence-corrected chi connectivity index (χ2v) is 7.57. The number of hydrogen-bond donors (Lipinski definition) is 1. The van der Waals surface area contributed by atoms with Gasteiger partial charge in [0.15, 0.2) is 0 Å². The Labute approximate surface area is 159 Å². The zero-order valence-electron chi connectivity index (χ0n) is 16.8. The van der Waals surface area contributed by atoms with Crippen molar-refractivity contribution in [1.82, 2.24) is 20.0 Å². The Bertz CT molecular complexity index is 574. The van der Waals surface area contributed by atoms with Gasteiger partial charge in [-0.25, -0.2) is 0 Å². The van der Waals surface area contributed by atoms with Crippen molar-refractivity contribution in [2.24, 2.45) is 0 Å². The van der Waals surface area contributed by atoms with Gasteiger partial charge in [0.25, 0.3) is 0 Å². The van der Waals surface area contributed by atoms with Crippen LogP contribution in [-0.4, -0.2) is 95.2 Å². The van der Waals surface area contributed by atoms with Crippen molar-refractivity contribution in [3.05, 3.63) is 29.3 Å². The quantitative estimate of drug-likeness (QED) is 0.708. The van der Waals surface area contributed by atoms with Crippen molar-refractivity contribution < 1.29 is 0 Å². The van der Waals surface area contributed by atoms with Crippen molar-refractivity contribution in [3.63, 3.8) is 0 Å². The molecule has 0 saturated carbocycles. The summed E-state index contributed by atoms with van der Waals surface area (Å²) in [5.74, 6) is 0. The van der Waals surface area contributed by atoms with Crippen LogP contribution in [-0.2, 0) is 6.54 Å². The molecule has 0 aliphatic carbocycles. The number of benzene rings is 1. The first kappa shape index (κ1) is 20.7. The highest BCUT2D eigenvalue weighted by atomic mass is 15.2. The van der Waals surface area contributed by atoms with Crippen LogP contribution in [0.1, 0.15) is 11.1 Å². The van der Waals surface area contributed by atoms with Gasteiger partial charge in [0.2, 0.25) is 0 Å². The van der Waals surface area contributed by atoms with Crippen LogP contribution in [0, 0.1) is 11.3 Å². The lowest BCUT2D eigenvalue weighted by Gasteiger charge is -2.30. The smallest absolute Gasteiger partial charge is 0.0995 e. The molecule has 6 heteroatoms. The average Bonchev–Trinajstić information content (AvgIpc) is 2.62. The van der Waals surface area contributed by atoms with E-state index in [-0.39, 0.29) is 0 Å². The van der Waals surface area contributed by atoms with E-state index in [9.17, 15) is 5.26 Å². The van der Waals surface area contributed by atoms with Gasteiger partial charge in [0.05, 0.1) is 11.6 Å². The minimum Gasteiger partial charge on any atom is -0.369 e. The number of anilines is 1. The van der Waals surface area contributed by atoms with E-state index in [4.69, 9.17) is 0 Å². The molecule has 1 aliphatic rings. The molecule has 0 bridgehead atoms. The molecular weight excluding hydrogens is 324 g/mol. The predicted molar refractivity (Wildman–Crippen MR) is 109 cm³/mol. The van der Waals surface area contributed by atoms with E-state index in [1.54, 1.807) is 0 Å². The van der Waals surface area contributed by atoms with E-state index in [1.807, 2.05) is 6.07 Å². The molecule has 1 aromatic rings. The molecule has 2 rings (SSSR count). The minimum absolute atomic E-state index is 0.799. The fraction of sp³-hybridized carbons (Fsp3) is 0.650. The first-order valence-electron chi connectivity index (χ1n) is 9.50. The Morgan fingerprint density at radius 2 is 1.62 bits per heavy atom. The first-order valence-corrected chi connectivity index (χ1v) is 9.50. The van der Waals surface area contributed by atoms with Gasteiger partial charge in [-0.2, -0.15) is 5.26 Å². The fourth-order valence-corrected chi connectivity index (χ4v) is 3.14. The molecule has 1 saturated heterocycles. The predicted octanol–water partition coefficient (Wildman–Crippen LogP) is 0.893. The van der Waals surface area contributed by atoms with Gasteiger partial charge in [0, 0.05) is 64.6 Å². The summed E-state index contributed by atoms with van der Waals surface area (Å²) in [6, 6.07) is 8.70. The maximum Gasteiger partial charge on any atom is 0.0995 e. The molecule has 1 aliphatic heterocycles.